The van der Waals surface area contributed by atoms with Gasteiger partial charge in [-0.3, -0.25) is 4.79 Å². The van der Waals surface area contributed by atoms with E-state index in [0.717, 1.165) is 128 Å². The van der Waals surface area contributed by atoms with Crippen molar-refractivity contribution >= 4 is 5.91 Å². The smallest absolute Gasteiger partial charge is 0.220 e. The Morgan fingerprint density at radius 1 is 0.352 bits per heavy atom. The van der Waals surface area contributed by atoms with Crippen LogP contribution in [0.15, 0.2) is 122 Å². The second-order valence-electron chi connectivity index (χ2n) is 28.9. The average molecular weight is 1480 g/mol. The lowest BCUT2D eigenvalue weighted by molar-refractivity contribution is -0.379. The molecule has 3 aliphatic rings. The molecule has 0 aromatic rings. The maximum atomic E-state index is 13.5. The van der Waals surface area contributed by atoms with Gasteiger partial charge in [-0.05, 0) is 89.9 Å². The van der Waals surface area contributed by atoms with Gasteiger partial charge < -0.3 is 89.9 Å². The fourth-order valence-corrected chi connectivity index (χ4v) is 13.2. The molecule has 604 valence electrons. The summed E-state index contributed by atoms with van der Waals surface area (Å²) in [6.45, 7) is 1.63. The molecule has 3 rings (SSSR count). The molecule has 3 saturated heterocycles. The maximum Gasteiger partial charge on any atom is 0.220 e. The minimum atomic E-state index is -1.99. The molecule has 0 bridgehead atoms. The number of nitrogens with one attached hydrogen (secondary N) is 1. The van der Waals surface area contributed by atoms with Gasteiger partial charge in [-0.2, -0.15) is 0 Å². The highest BCUT2D eigenvalue weighted by Gasteiger charge is 2.54. The Kier molecular flexibility index (Phi) is 59.0. The van der Waals surface area contributed by atoms with Crippen LogP contribution >= 0.6 is 0 Å². The molecule has 0 radical (unpaired) electrons. The first-order valence-corrected chi connectivity index (χ1v) is 41.3. The quantitative estimate of drug-likeness (QED) is 0.0199. The number of carbonyl (C=O) groups is 1. The summed E-state index contributed by atoms with van der Waals surface area (Å²) in [7, 11) is 0. The average Bonchev–Trinajstić information content (AvgIpc) is 0.781. The molecule has 19 nitrogen and oxygen atoms in total. The van der Waals surface area contributed by atoms with Gasteiger partial charge >= 0.3 is 0 Å². The number of carbonyl (C=O) groups excluding carboxylic acids is 1. The van der Waals surface area contributed by atoms with Crippen LogP contribution in [0.5, 0.6) is 0 Å². The number of hydrogen-bond donors (Lipinski definition) is 12. The van der Waals surface area contributed by atoms with Gasteiger partial charge in [0.25, 0.3) is 0 Å². The lowest BCUT2D eigenvalue weighted by atomic mass is 9.96. The number of allylic oxidation sites excluding steroid dienone is 19. The minimum absolute atomic E-state index is 0.223. The number of aliphatic hydroxyl groups excluding tert-OH is 11. The largest absolute Gasteiger partial charge is 0.394 e. The van der Waals surface area contributed by atoms with Crippen LogP contribution in [0.4, 0.5) is 0 Å². The first kappa shape index (κ1) is 95.4. The minimum Gasteiger partial charge on any atom is -0.394 e. The van der Waals surface area contributed by atoms with Gasteiger partial charge in [0.15, 0.2) is 18.9 Å². The molecular formula is C86H147NO18. The monoisotopic (exact) mass is 1480 g/mol. The SMILES string of the molecule is CC/C=C\C/C=C\C/C=C\C/C=C\C/C=C\C/C=C\C/C=C\C/C=C\C/C=C\CCCCCCCCCC(=O)NC(COC1OC(CO)C(OC2OC(CO)C(OC3OC(CO)C(O)C(O)C3O)C(O)C2O)C(O)C1O)C(O)/C=C/CCCCCCCCCCCCCCCCCCCCCCCCC. The van der Waals surface area contributed by atoms with E-state index in [9.17, 15) is 61.0 Å². The fourth-order valence-electron chi connectivity index (χ4n) is 13.2. The molecule has 19 heteroatoms. The summed E-state index contributed by atoms with van der Waals surface area (Å²) in [5.74, 6) is -0.289. The number of aliphatic hydroxyl groups is 11. The molecule has 12 N–H and O–H groups in total. The summed E-state index contributed by atoms with van der Waals surface area (Å²) in [4.78, 5) is 13.5. The molecule has 0 aromatic heterocycles. The van der Waals surface area contributed by atoms with E-state index in [2.05, 4.69) is 129 Å². The van der Waals surface area contributed by atoms with Crippen molar-refractivity contribution in [1.29, 1.82) is 0 Å². The molecule has 105 heavy (non-hydrogen) atoms. The zero-order valence-electron chi connectivity index (χ0n) is 64.7. The van der Waals surface area contributed by atoms with Crippen molar-refractivity contribution in [2.75, 3.05) is 26.4 Å². The molecule has 3 heterocycles. The third kappa shape index (κ3) is 44.6. The predicted octanol–water partition coefficient (Wildman–Crippen LogP) is 14.3. The van der Waals surface area contributed by atoms with Crippen molar-refractivity contribution in [3.8, 4) is 0 Å². The van der Waals surface area contributed by atoms with Gasteiger partial charge in [0.05, 0.1) is 38.6 Å². The highest BCUT2D eigenvalue weighted by Crippen LogP contribution is 2.33. The van der Waals surface area contributed by atoms with Crippen LogP contribution < -0.4 is 5.32 Å². The molecule has 3 fully saturated rings. The van der Waals surface area contributed by atoms with Crippen molar-refractivity contribution in [1.82, 2.24) is 5.32 Å². The molecular weight excluding hydrogens is 1330 g/mol. The third-order valence-corrected chi connectivity index (χ3v) is 19.8. The molecule has 0 saturated carbocycles. The van der Waals surface area contributed by atoms with Gasteiger partial charge in [-0.25, -0.2) is 0 Å². The third-order valence-electron chi connectivity index (χ3n) is 19.8. The number of rotatable bonds is 64. The summed E-state index contributed by atoms with van der Waals surface area (Å²) in [5, 5.41) is 121. The Bertz CT molecular complexity index is 2370. The number of hydrogen-bond acceptors (Lipinski definition) is 18. The Balaban J connectivity index is 1.38. The summed E-state index contributed by atoms with van der Waals surface area (Å²) >= 11 is 0. The molecule has 0 aromatic carbocycles. The van der Waals surface area contributed by atoms with Crippen LogP contribution in [0.1, 0.15) is 284 Å². The van der Waals surface area contributed by atoms with Crippen molar-refractivity contribution in [2.24, 2.45) is 0 Å². The van der Waals surface area contributed by atoms with E-state index in [4.69, 9.17) is 28.4 Å². The fraction of sp³-hybridized carbons (Fsp3) is 0.756. The van der Waals surface area contributed by atoms with Gasteiger partial charge in [0, 0.05) is 6.42 Å². The van der Waals surface area contributed by atoms with Crippen LogP contribution in [0.2, 0.25) is 0 Å². The number of ether oxygens (including phenoxy) is 6. The van der Waals surface area contributed by atoms with E-state index in [-0.39, 0.29) is 18.9 Å². The van der Waals surface area contributed by atoms with E-state index >= 15 is 0 Å². The number of unbranched alkanes of at least 4 members (excludes halogenated alkanes) is 30. The van der Waals surface area contributed by atoms with E-state index in [1.807, 2.05) is 6.08 Å². The van der Waals surface area contributed by atoms with Crippen LogP contribution in [-0.4, -0.2) is 193 Å². The van der Waals surface area contributed by atoms with Gasteiger partial charge in [-0.1, -0.05) is 309 Å². The van der Waals surface area contributed by atoms with Crippen LogP contribution in [0, 0.1) is 0 Å². The molecule has 17 atom stereocenters. The van der Waals surface area contributed by atoms with Gasteiger partial charge in [0.1, 0.15) is 73.2 Å². The molecule has 1 amide bonds. The predicted molar refractivity (Wildman–Crippen MR) is 420 cm³/mol. The van der Waals surface area contributed by atoms with E-state index < -0.39 is 124 Å². The maximum absolute atomic E-state index is 13.5. The first-order valence-electron chi connectivity index (χ1n) is 41.3. The Hall–Kier alpha value is -3.81. The summed E-state index contributed by atoms with van der Waals surface area (Å²) in [6.07, 6.45) is 64.5. The first-order chi connectivity index (χ1) is 51.3. The topological polar surface area (TPSA) is 307 Å². The lowest BCUT2D eigenvalue weighted by Gasteiger charge is -2.48. The molecule has 17 unspecified atom stereocenters. The Labute approximate surface area is 633 Å². The lowest BCUT2D eigenvalue weighted by Crippen LogP contribution is -2.66. The zero-order chi connectivity index (χ0) is 76.0. The van der Waals surface area contributed by atoms with Crippen molar-refractivity contribution < 1.29 is 89.4 Å². The van der Waals surface area contributed by atoms with E-state index in [0.29, 0.717) is 6.42 Å². The molecule has 3 aliphatic heterocycles. The summed E-state index contributed by atoms with van der Waals surface area (Å²) < 4.78 is 34.5. The van der Waals surface area contributed by atoms with Crippen LogP contribution in [-0.2, 0) is 33.2 Å². The van der Waals surface area contributed by atoms with Crippen LogP contribution in [0.25, 0.3) is 0 Å². The number of amides is 1. The van der Waals surface area contributed by atoms with E-state index in [1.165, 1.54) is 128 Å². The van der Waals surface area contributed by atoms with Gasteiger partial charge in [-0.15, -0.1) is 0 Å². The van der Waals surface area contributed by atoms with Crippen molar-refractivity contribution in [3.05, 3.63) is 122 Å². The molecule has 0 spiro atoms. The second kappa shape index (κ2) is 65.0. The van der Waals surface area contributed by atoms with E-state index in [1.54, 1.807) is 6.08 Å². The summed E-state index contributed by atoms with van der Waals surface area (Å²) in [5.41, 5.74) is 0. The van der Waals surface area contributed by atoms with Crippen molar-refractivity contribution in [2.45, 2.75) is 388 Å². The Morgan fingerprint density at radius 3 is 1.03 bits per heavy atom. The zero-order valence-corrected chi connectivity index (χ0v) is 64.7. The summed E-state index contributed by atoms with van der Waals surface area (Å²) in [6, 6.07) is -0.990. The second-order valence-corrected chi connectivity index (χ2v) is 28.9. The Morgan fingerprint density at radius 2 is 0.657 bits per heavy atom. The van der Waals surface area contributed by atoms with Crippen molar-refractivity contribution in [3.63, 3.8) is 0 Å². The van der Waals surface area contributed by atoms with Gasteiger partial charge in [0.2, 0.25) is 5.91 Å². The highest BCUT2D eigenvalue weighted by molar-refractivity contribution is 5.76. The molecule has 0 aliphatic carbocycles. The van der Waals surface area contributed by atoms with Crippen LogP contribution in [0.3, 0.4) is 0 Å². The standard InChI is InChI=1S/C86H147NO18/c1-3-5-7-9-11-13-15-17-19-21-23-25-27-29-30-31-32-33-34-35-36-37-38-40-42-44-46-48-50-52-54-56-58-60-62-64-74(92)87-69(70(91)63-61-59-57-55-53-51-49-47-45-43-41-39-28-26-24-22-20-18-16-14-12-10-8-6-4-2)68-100-84-80(98)77(95)82(72(66-89)102-84)105-86-81(99)78(96)83(73(67-90)103-86)104-85-79(97)76(94)75(93)71(65-88)101-85/h5,7,11,13,17,19,23,25,29-30,32-33,35-36,38,40,44,46,61,63,69-73,75-86,88-91,93-99H,3-4,6,8-10,12,14-16,18,20-22,24,26-28,31,34,37,39,41-43,45,47-60,62,64-68H2,1-2H3,(H,87,92)/b7-5-,13-11-,19-17-,25-23-,30-29-,33-32-,36-35-,40-38-,46-44-,63-61+. The normalized spacial score (nSPS) is 26.4. The highest BCUT2D eigenvalue weighted by atomic mass is 16.8.